The van der Waals surface area contributed by atoms with Gasteiger partial charge in [0.25, 0.3) is 0 Å². The first kappa shape index (κ1) is 28.1. The summed E-state index contributed by atoms with van der Waals surface area (Å²) >= 11 is 0. The standard InChI is InChI=1S/C26H34FN7O2/c1-17-10-20(27)22(11-18(17)14-28)32-15-30-16-33-23-12-19(34(5)25(36)13-26(2,3)4)6-7-21(23)31-9-8-24(29)35/h6-7,10-12,16,31-32H,8-9,13,15H2,1-5H3,(H2,29,35)(H,30,33). The van der Waals surface area contributed by atoms with Crippen LogP contribution in [0, 0.1) is 29.5 Å². The van der Waals surface area contributed by atoms with Gasteiger partial charge in [-0.05, 0) is 48.2 Å². The van der Waals surface area contributed by atoms with Crippen LogP contribution in [0.2, 0.25) is 0 Å². The van der Waals surface area contributed by atoms with E-state index < -0.39 is 11.7 Å². The summed E-state index contributed by atoms with van der Waals surface area (Å²) in [7, 11) is 1.72. The number of amides is 2. The molecule has 0 aliphatic carbocycles. The Morgan fingerprint density at radius 1 is 1.17 bits per heavy atom. The summed E-state index contributed by atoms with van der Waals surface area (Å²) in [5, 5.41) is 18.2. The van der Waals surface area contributed by atoms with Gasteiger partial charge in [0.15, 0.2) is 0 Å². The molecule has 192 valence electrons. The number of primary amides is 1. The van der Waals surface area contributed by atoms with E-state index >= 15 is 0 Å². The minimum absolute atomic E-state index is 0.0161. The molecule has 0 aromatic heterocycles. The molecule has 2 aromatic rings. The summed E-state index contributed by atoms with van der Waals surface area (Å²) in [4.78, 5) is 29.6. The molecule has 0 saturated carbocycles. The lowest BCUT2D eigenvalue weighted by molar-refractivity contribution is -0.120. The third kappa shape index (κ3) is 8.58. The van der Waals surface area contributed by atoms with Crippen molar-refractivity contribution >= 4 is 40.9 Å². The van der Waals surface area contributed by atoms with Gasteiger partial charge in [0.2, 0.25) is 11.8 Å². The van der Waals surface area contributed by atoms with Crippen LogP contribution in [-0.2, 0) is 9.59 Å². The van der Waals surface area contributed by atoms with Gasteiger partial charge in [0.1, 0.15) is 12.5 Å². The number of hydrogen-bond acceptors (Lipinski definition) is 6. The maximum Gasteiger partial charge on any atom is 0.227 e. The number of aliphatic imine (C=N–C) groups is 1. The molecule has 2 amide bonds. The normalized spacial score (nSPS) is 11.1. The van der Waals surface area contributed by atoms with Crippen molar-refractivity contribution in [3.63, 3.8) is 0 Å². The van der Waals surface area contributed by atoms with E-state index in [1.807, 2.05) is 32.9 Å². The number of aryl methyl sites for hydroxylation is 1. The maximum atomic E-state index is 14.1. The average Bonchev–Trinajstić information content (AvgIpc) is 2.79. The summed E-state index contributed by atoms with van der Waals surface area (Å²) in [6.45, 7) is 8.09. The summed E-state index contributed by atoms with van der Waals surface area (Å²) < 4.78 is 14.1. The first-order valence-corrected chi connectivity index (χ1v) is 11.5. The predicted molar refractivity (Wildman–Crippen MR) is 143 cm³/mol. The molecular formula is C26H34FN7O2. The fraction of sp³-hybridized carbons (Fsp3) is 0.385. The van der Waals surface area contributed by atoms with Crippen LogP contribution in [0.15, 0.2) is 35.3 Å². The van der Waals surface area contributed by atoms with E-state index in [1.54, 1.807) is 31.0 Å². The van der Waals surface area contributed by atoms with Gasteiger partial charge in [-0.25, -0.2) is 4.39 Å². The van der Waals surface area contributed by atoms with E-state index in [0.717, 1.165) is 0 Å². The summed E-state index contributed by atoms with van der Waals surface area (Å²) in [5.74, 6) is -0.902. The number of nitrogens with one attached hydrogen (secondary N) is 3. The van der Waals surface area contributed by atoms with Crippen LogP contribution in [0.1, 0.15) is 44.7 Å². The Hall–Kier alpha value is -4.13. The monoisotopic (exact) mass is 495 g/mol. The number of nitrogens with zero attached hydrogens (tertiary/aromatic N) is 3. The van der Waals surface area contributed by atoms with Crippen LogP contribution in [0.4, 0.5) is 27.1 Å². The molecule has 0 bridgehead atoms. The molecule has 0 fully saturated rings. The van der Waals surface area contributed by atoms with E-state index in [2.05, 4.69) is 20.9 Å². The fourth-order valence-electron chi connectivity index (χ4n) is 3.27. The molecule has 10 heteroatoms. The van der Waals surface area contributed by atoms with Crippen LogP contribution in [0.25, 0.3) is 0 Å². The number of hydrogen-bond donors (Lipinski definition) is 4. The topological polar surface area (TPSA) is 136 Å². The van der Waals surface area contributed by atoms with Crippen molar-refractivity contribution in [2.75, 3.05) is 41.1 Å². The minimum Gasteiger partial charge on any atom is -0.383 e. The van der Waals surface area contributed by atoms with Crippen molar-refractivity contribution < 1.29 is 14.0 Å². The van der Waals surface area contributed by atoms with Crippen molar-refractivity contribution in [3.05, 3.63) is 47.3 Å². The second-order valence-electron chi connectivity index (χ2n) is 9.61. The summed E-state index contributed by atoms with van der Waals surface area (Å²) in [6.07, 6.45) is 2.00. The fourth-order valence-corrected chi connectivity index (χ4v) is 3.27. The van der Waals surface area contributed by atoms with Gasteiger partial charge in [0, 0.05) is 32.1 Å². The van der Waals surface area contributed by atoms with Crippen molar-refractivity contribution in [2.45, 2.75) is 40.5 Å². The quantitative estimate of drug-likeness (QED) is 0.272. The number of anilines is 4. The highest BCUT2D eigenvalue weighted by Crippen LogP contribution is 2.29. The van der Waals surface area contributed by atoms with Crippen LogP contribution in [0.5, 0.6) is 0 Å². The number of carbonyl (C=O) groups is 2. The van der Waals surface area contributed by atoms with Gasteiger partial charge in [-0.15, -0.1) is 0 Å². The van der Waals surface area contributed by atoms with E-state index in [1.165, 1.54) is 18.5 Å². The highest BCUT2D eigenvalue weighted by Gasteiger charge is 2.20. The summed E-state index contributed by atoms with van der Waals surface area (Å²) in [6, 6.07) is 10.2. The smallest absolute Gasteiger partial charge is 0.227 e. The van der Waals surface area contributed by atoms with Gasteiger partial charge in [-0.2, -0.15) is 5.26 Å². The molecule has 36 heavy (non-hydrogen) atoms. The van der Waals surface area contributed by atoms with Crippen LogP contribution >= 0.6 is 0 Å². The Bertz CT molecular complexity index is 1170. The van der Waals surface area contributed by atoms with Crippen molar-refractivity contribution in [3.8, 4) is 6.07 Å². The van der Waals surface area contributed by atoms with Crippen molar-refractivity contribution in [2.24, 2.45) is 16.1 Å². The van der Waals surface area contributed by atoms with Gasteiger partial charge < -0.3 is 26.6 Å². The molecular weight excluding hydrogens is 461 g/mol. The molecule has 0 spiro atoms. The molecule has 0 aliphatic heterocycles. The van der Waals surface area contributed by atoms with Gasteiger partial charge in [-0.1, -0.05) is 20.8 Å². The number of carbonyl (C=O) groups excluding carboxylic acids is 2. The van der Waals surface area contributed by atoms with E-state index in [9.17, 15) is 14.0 Å². The lowest BCUT2D eigenvalue weighted by atomic mass is 9.91. The first-order chi connectivity index (χ1) is 16.9. The number of rotatable bonds is 11. The molecule has 2 aromatic carbocycles. The Balaban J connectivity index is 2.14. The third-order valence-corrected chi connectivity index (χ3v) is 5.24. The van der Waals surface area contributed by atoms with Crippen LogP contribution in [0.3, 0.4) is 0 Å². The van der Waals surface area contributed by atoms with Gasteiger partial charge in [-0.3, -0.25) is 14.6 Å². The Labute approximate surface area is 211 Å². The number of nitriles is 1. The largest absolute Gasteiger partial charge is 0.383 e. The number of nitrogens with two attached hydrogens (primary N) is 1. The molecule has 0 atom stereocenters. The zero-order chi connectivity index (χ0) is 26.9. The Kier molecular flexibility index (Phi) is 9.79. The SMILES string of the molecule is Cc1cc(F)c(NC/N=C\Nc2cc(N(C)C(=O)CC(C)(C)C)ccc2NCCC(N)=O)cc1C#N. The van der Waals surface area contributed by atoms with Crippen molar-refractivity contribution in [1.29, 1.82) is 5.26 Å². The lowest BCUT2D eigenvalue weighted by Crippen LogP contribution is -2.30. The van der Waals surface area contributed by atoms with Crippen LogP contribution < -0.4 is 26.6 Å². The molecule has 0 radical (unpaired) electrons. The maximum absolute atomic E-state index is 14.1. The number of benzene rings is 2. The van der Waals surface area contributed by atoms with E-state index in [-0.39, 0.29) is 30.1 Å². The first-order valence-electron chi connectivity index (χ1n) is 11.5. The zero-order valence-electron chi connectivity index (χ0n) is 21.4. The van der Waals surface area contributed by atoms with Gasteiger partial charge >= 0.3 is 0 Å². The molecule has 0 aliphatic rings. The second kappa shape index (κ2) is 12.5. The summed E-state index contributed by atoms with van der Waals surface area (Å²) in [5.41, 5.74) is 8.22. The molecule has 5 N–H and O–H groups in total. The van der Waals surface area contributed by atoms with E-state index in [0.29, 0.717) is 41.2 Å². The lowest BCUT2D eigenvalue weighted by Gasteiger charge is -2.24. The van der Waals surface area contributed by atoms with Gasteiger partial charge in [0.05, 0.1) is 35.0 Å². The molecule has 0 saturated heterocycles. The van der Waals surface area contributed by atoms with Crippen molar-refractivity contribution in [1.82, 2.24) is 0 Å². The highest BCUT2D eigenvalue weighted by atomic mass is 19.1. The molecule has 2 rings (SSSR count). The van der Waals surface area contributed by atoms with Crippen LogP contribution in [-0.4, -0.2) is 38.4 Å². The number of halogens is 1. The third-order valence-electron chi connectivity index (χ3n) is 5.24. The average molecular weight is 496 g/mol. The highest BCUT2D eigenvalue weighted by molar-refractivity contribution is 5.95. The predicted octanol–water partition coefficient (Wildman–Crippen LogP) is 4.20. The minimum atomic E-state index is -0.466. The molecule has 0 unspecified atom stereocenters. The molecule has 9 nitrogen and oxygen atoms in total. The zero-order valence-corrected chi connectivity index (χ0v) is 21.4. The Morgan fingerprint density at radius 3 is 2.53 bits per heavy atom. The van der Waals surface area contributed by atoms with E-state index in [4.69, 9.17) is 11.0 Å². The molecule has 0 heterocycles. The second-order valence-corrected chi connectivity index (χ2v) is 9.61. The Morgan fingerprint density at radius 2 is 1.89 bits per heavy atom.